The number of nitrogens with zero attached hydrogens (tertiary/aromatic N) is 4. The van der Waals surface area contributed by atoms with Crippen LogP contribution in [0.4, 0.5) is 31.7 Å². The Balaban J connectivity index is 1.35. The highest BCUT2D eigenvalue weighted by atomic mass is 19.1. The number of benzene rings is 2. The van der Waals surface area contributed by atoms with Gasteiger partial charge in [0.05, 0.1) is 11.3 Å². The molecule has 3 aromatic rings. The molecule has 10 heteroatoms. The molecule has 1 aliphatic heterocycles. The van der Waals surface area contributed by atoms with Crippen LogP contribution in [0.25, 0.3) is 0 Å². The zero-order chi connectivity index (χ0) is 27.8. The molecule has 39 heavy (non-hydrogen) atoms. The number of nitrogens with two attached hydrogens (primary N) is 1. The predicted octanol–water partition coefficient (Wildman–Crippen LogP) is 4.28. The van der Waals surface area contributed by atoms with Gasteiger partial charge in [-0.15, -0.1) is 0 Å². The maximum absolute atomic E-state index is 13.5. The van der Waals surface area contributed by atoms with Gasteiger partial charge >= 0.3 is 0 Å². The Hall–Kier alpha value is -3.76. The third kappa shape index (κ3) is 7.87. The minimum Gasteiger partial charge on any atom is -0.380 e. The molecular formula is C29H37F2N7O. The van der Waals surface area contributed by atoms with Gasteiger partial charge in [-0.3, -0.25) is 9.69 Å². The first kappa shape index (κ1) is 28.3. The molecule has 2 heterocycles. The maximum Gasteiger partial charge on any atom is 0.252 e. The van der Waals surface area contributed by atoms with Crippen molar-refractivity contribution in [1.29, 1.82) is 0 Å². The van der Waals surface area contributed by atoms with Gasteiger partial charge in [-0.1, -0.05) is 13.8 Å². The van der Waals surface area contributed by atoms with E-state index in [0.29, 0.717) is 17.1 Å². The van der Waals surface area contributed by atoms with Crippen LogP contribution in [-0.2, 0) is 6.54 Å². The second kappa shape index (κ2) is 13.3. The molecule has 2 aromatic carbocycles. The van der Waals surface area contributed by atoms with E-state index in [1.165, 1.54) is 24.0 Å². The van der Waals surface area contributed by atoms with Crippen molar-refractivity contribution in [2.45, 2.75) is 20.4 Å². The van der Waals surface area contributed by atoms with Crippen LogP contribution in [0.5, 0.6) is 0 Å². The molecule has 4 rings (SSSR count). The second-order valence-corrected chi connectivity index (χ2v) is 9.64. The summed E-state index contributed by atoms with van der Waals surface area (Å²) in [4.78, 5) is 23.6. The van der Waals surface area contributed by atoms with E-state index in [0.717, 1.165) is 64.1 Å². The first-order valence-electron chi connectivity index (χ1n) is 13.4. The summed E-state index contributed by atoms with van der Waals surface area (Å²) in [6.45, 7) is 13.0. The van der Waals surface area contributed by atoms with E-state index in [4.69, 9.17) is 5.73 Å². The van der Waals surface area contributed by atoms with Gasteiger partial charge in [0.2, 0.25) is 0 Å². The Kier molecular flexibility index (Phi) is 9.67. The number of hydrogen-bond acceptors (Lipinski definition) is 7. The molecule has 8 nitrogen and oxygen atoms in total. The molecule has 0 saturated carbocycles. The monoisotopic (exact) mass is 537 g/mol. The van der Waals surface area contributed by atoms with Crippen LogP contribution in [0, 0.1) is 11.6 Å². The first-order chi connectivity index (χ1) is 18.8. The Morgan fingerprint density at radius 1 is 1.00 bits per heavy atom. The number of nitrogens with one attached hydrogen (secondary N) is 2. The lowest BCUT2D eigenvalue weighted by atomic mass is 10.1. The normalized spacial score (nSPS) is 14.0. The quantitative estimate of drug-likeness (QED) is 0.318. The van der Waals surface area contributed by atoms with Crippen molar-refractivity contribution in [3.05, 3.63) is 77.5 Å². The minimum absolute atomic E-state index is 0.107. The Morgan fingerprint density at radius 2 is 1.67 bits per heavy atom. The summed E-state index contributed by atoms with van der Waals surface area (Å²) in [5.74, 6) is -1.48. The Labute approximate surface area is 228 Å². The fourth-order valence-electron chi connectivity index (χ4n) is 4.73. The maximum atomic E-state index is 13.5. The molecule has 4 N–H and O–H groups in total. The number of anilines is 4. The van der Waals surface area contributed by atoms with Crippen molar-refractivity contribution in [2.24, 2.45) is 5.73 Å². The van der Waals surface area contributed by atoms with Crippen molar-refractivity contribution in [3.63, 3.8) is 0 Å². The third-order valence-corrected chi connectivity index (χ3v) is 7.08. The van der Waals surface area contributed by atoms with Crippen LogP contribution in [0.3, 0.4) is 0 Å². The van der Waals surface area contributed by atoms with E-state index in [2.05, 4.69) is 56.3 Å². The molecule has 0 radical (unpaired) electrons. The molecule has 0 atom stereocenters. The summed E-state index contributed by atoms with van der Waals surface area (Å²) < 4.78 is 27.1. The summed E-state index contributed by atoms with van der Waals surface area (Å²) >= 11 is 0. The van der Waals surface area contributed by atoms with E-state index < -0.39 is 17.5 Å². The van der Waals surface area contributed by atoms with E-state index >= 15 is 0 Å². The summed E-state index contributed by atoms with van der Waals surface area (Å²) in [5.41, 5.74) is 8.52. The van der Waals surface area contributed by atoms with Gasteiger partial charge in [-0.2, -0.15) is 0 Å². The summed E-state index contributed by atoms with van der Waals surface area (Å²) in [7, 11) is 0. The SMILES string of the molecule is CCN(CC)CCN1CCN(c2ccc(Nc3cc(NCc4cc(F)cc(F)c4)c(C(N)=O)cn3)cc2)CC1. The van der Waals surface area contributed by atoms with Gasteiger partial charge in [-0.05, 0) is 55.1 Å². The number of amides is 1. The first-order valence-corrected chi connectivity index (χ1v) is 13.4. The van der Waals surface area contributed by atoms with Crippen LogP contribution in [-0.4, -0.2) is 73.0 Å². The van der Waals surface area contributed by atoms with Crippen LogP contribution in [0.2, 0.25) is 0 Å². The number of halogens is 2. The molecule has 1 saturated heterocycles. The van der Waals surface area contributed by atoms with Crippen molar-refractivity contribution in [2.75, 3.05) is 67.9 Å². The van der Waals surface area contributed by atoms with Gasteiger partial charge in [0.15, 0.2) is 0 Å². The molecule has 0 aliphatic carbocycles. The standard InChI is InChI=1S/C29H37F2N7O/c1-3-36(4-2)9-10-37-11-13-38(14-12-37)25-7-5-24(6-8-25)35-28-18-27(26(20-34-28)29(32)39)33-19-21-15-22(30)17-23(31)16-21/h5-8,15-18,20H,3-4,9-14,19H2,1-2H3,(H2,32,39)(H2,33,34,35). The van der Waals surface area contributed by atoms with Gasteiger partial charge in [0, 0.05) is 75.5 Å². The number of rotatable bonds is 12. The minimum atomic E-state index is -0.667. The summed E-state index contributed by atoms with van der Waals surface area (Å²) in [6, 6.07) is 13.1. The predicted molar refractivity (Wildman–Crippen MR) is 153 cm³/mol. The molecular weight excluding hydrogens is 500 g/mol. The van der Waals surface area contributed by atoms with Crippen molar-refractivity contribution in [1.82, 2.24) is 14.8 Å². The van der Waals surface area contributed by atoms with E-state index in [1.807, 2.05) is 12.1 Å². The number of hydrogen-bond donors (Lipinski definition) is 3. The Morgan fingerprint density at radius 3 is 2.28 bits per heavy atom. The highest BCUT2D eigenvalue weighted by Gasteiger charge is 2.18. The average Bonchev–Trinajstić information content (AvgIpc) is 2.93. The zero-order valence-corrected chi connectivity index (χ0v) is 22.6. The zero-order valence-electron chi connectivity index (χ0n) is 22.6. The molecule has 0 spiro atoms. The number of piperazine rings is 1. The molecule has 1 aliphatic rings. The lowest BCUT2D eigenvalue weighted by Crippen LogP contribution is -2.48. The average molecular weight is 538 g/mol. The lowest BCUT2D eigenvalue weighted by Gasteiger charge is -2.37. The fourth-order valence-corrected chi connectivity index (χ4v) is 4.73. The van der Waals surface area contributed by atoms with E-state index in [-0.39, 0.29) is 12.1 Å². The lowest BCUT2D eigenvalue weighted by molar-refractivity contribution is 0.100. The topological polar surface area (TPSA) is 89.8 Å². The number of pyridine rings is 1. The molecule has 1 fully saturated rings. The number of likely N-dealkylation sites (N-methyl/N-ethyl adjacent to an activating group) is 1. The number of carbonyl (C=O) groups excluding carboxylic acids is 1. The number of aromatic nitrogens is 1. The van der Waals surface area contributed by atoms with Crippen molar-refractivity contribution >= 4 is 28.8 Å². The molecule has 1 amide bonds. The van der Waals surface area contributed by atoms with Crippen molar-refractivity contribution < 1.29 is 13.6 Å². The summed E-state index contributed by atoms with van der Waals surface area (Å²) in [6.07, 6.45) is 1.38. The molecule has 208 valence electrons. The van der Waals surface area contributed by atoms with Crippen molar-refractivity contribution in [3.8, 4) is 0 Å². The van der Waals surface area contributed by atoms with Gasteiger partial charge in [0.1, 0.15) is 17.5 Å². The Bertz CT molecular complexity index is 1220. The second-order valence-electron chi connectivity index (χ2n) is 9.64. The highest BCUT2D eigenvalue weighted by Crippen LogP contribution is 2.25. The van der Waals surface area contributed by atoms with E-state index in [9.17, 15) is 13.6 Å². The van der Waals surface area contributed by atoms with Crippen LogP contribution in [0.15, 0.2) is 54.7 Å². The summed E-state index contributed by atoms with van der Waals surface area (Å²) in [5, 5.41) is 6.29. The fraction of sp³-hybridized carbons (Fsp3) is 0.379. The molecule has 0 bridgehead atoms. The molecule has 0 unspecified atom stereocenters. The highest BCUT2D eigenvalue weighted by molar-refractivity contribution is 5.98. The smallest absolute Gasteiger partial charge is 0.252 e. The van der Waals surface area contributed by atoms with Crippen LogP contribution in [0.1, 0.15) is 29.8 Å². The van der Waals surface area contributed by atoms with E-state index in [1.54, 1.807) is 6.07 Å². The number of carbonyl (C=O) groups is 1. The number of primary amides is 1. The van der Waals surface area contributed by atoms with Gasteiger partial charge in [-0.25, -0.2) is 13.8 Å². The molecule has 1 aromatic heterocycles. The van der Waals surface area contributed by atoms with Crippen LogP contribution >= 0.6 is 0 Å². The van der Waals surface area contributed by atoms with Gasteiger partial charge in [0.25, 0.3) is 5.91 Å². The van der Waals surface area contributed by atoms with Gasteiger partial charge < -0.3 is 26.2 Å². The van der Waals surface area contributed by atoms with Crippen LogP contribution < -0.4 is 21.3 Å². The largest absolute Gasteiger partial charge is 0.380 e. The third-order valence-electron chi connectivity index (χ3n) is 7.08.